The average molecular weight is 353 g/mol. The number of nitrogens with zero attached hydrogens (tertiary/aromatic N) is 2. The highest BCUT2D eigenvalue weighted by molar-refractivity contribution is 9.10. The first-order valence-electron chi connectivity index (χ1n) is 6.04. The Labute approximate surface area is 129 Å². The first-order valence-corrected chi connectivity index (χ1v) is 6.83. The van der Waals surface area contributed by atoms with E-state index in [1.165, 1.54) is 19.2 Å². The van der Waals surface area contributed by atoms with E-state index < -0.39 is 0 Å². The van der Waals surface area contributed by atoms with Crippen LogP contribution in [0.5, 0.6) is 11.6 Å². The molecule has 1 heterocycles. The van der Waals surface area contributed by atoms with Gasteiger partial charge < -0.3 is 9.47 Å². The van der Waals surface area contributed by atoms with E-state index in [2.05, 4.69) is 21.0 Å². The highest BCUT2D eigenvalue weighted by atomic mass is 79.9. The third kappa shape index (κ3) is 3.49. The van der Waals surface area contributed by atoms with Crippen LogP contribution in [-0.4, -0.2) is 29.8 Å². The van der Waals surface area contributed by atoms with Crippen LogP contribution < -0.4 is 15.0 Å². The maximum atomic E-state index is 12.2. The summed E-state index contributed by atoms with van der Waals surface area (Å²) < 4.78 is 11.8. The zero-order chi connectivity index (χ0) is 15.4. The lowest BCUT2D eigenvalue weighted by atomic mass is 10.1. The fourth-order valence-electron chi connectivity index (χ4n) is 1.72. The van der Waals surface area contributed by atoms with Crippen molar-refractivity contribution in [1.82, 2.24) is 9.78 Å². The summed E-state index contributed by atoms with van der Waals surface area (Å²) in [5, 5.41) is 3.94. The molecule has 0 fully saturated rings. The molecule has 21 heavy (non-hydrogen) atoms. The number of benzene rings is 1. The number of Topliss-reactive ketones (excluding diaryl/α,β-unsaturated/α-hetero) is 1. The highest BCUT2D eigenvalue weighted by Gasteiger charge is 2.12. The second kappa shape index (κ2) is 6.53. The van der Waals surface area contributed by atoms with Crippen molar-refractivity contribution < 1.29 is 14.3 Å². The van der Waals surface area contributed by atoms with Crippen molar-refractivity contribution in [3.8, 4) is 11.6 Å². The smallest absolute Gasteiger partial charge is 0.267 e. The van der Waals surface area contributed by atoms with Gasteiger partial charge in [0.15, 0.2) is 5.78 Å². The topological polar surface area (TPSA) is 70.4 Å². The van der Waals surface area contributed by atoms with Gasteiger partial charge in [-0.1, -0.05) is 0 Å². The summed E-state index contributed by atoms with van der Waals surface area (Å²) in [5.41, 5.74) is 0.0934. The van der Waals surface area contributed by atoms with Crippen LogP contribution in [0.4, 0.5) is 0 Å². The van der Waals surface area contributed by atoms with E-state index in [-0.39, 0.29) is 23.8 Å². The Morgan fingerprint density at radius 2 is 2.00 bits per heavy atom. The Balaban J connectivity index is 2.26. The molecule has 1 aromatic carbocycles. The van der Waals surface area contributed by atoms with Crippen LogP contribution in [0.3, 0.4) is 0 Å². The number of hydrogen-bond acceptors (Lipinski definition) is 5. The van der Waals surface area contributed by atoms with Crippen molar-refractivity contribution in [3.63, 3.8) is 0 Å². The second-order valence-corrected chi connectivity index (χ2v) is 5.00. The normalized spacial score (nSPS) is 10.2. The van der Waals surface area contributed by atoms with Crippen molar-refractivity contribution in [1.29, 1.82) is 0 Å². The Bertz CT molecular complexity index is 727. The molecule has 0 saturated heterocycles. The van der Waals surface area contributed by atoms with Crippen LogP contribution in [0.15, 0.2) is 39.6 Å². The minimum absolute atomic E-state index is 0.158. The monoisotopic (exact) mass is 352 g/mol. The zero-order valence-corrected chi connectivity index (χ0v) is 13.1. The zero-order valence-electron chi connectivity index (χ0n) is 11.5. The van der Waals surface area contributed by atoms with Crippen LogP contribution in [0.1, 0.15) is 10.4 Å². The first-order chi connectivity index (χ1) is 10.0. The molecular weight excluding hydrogens is 340 g/mol. The molecule has 0 amide bonds. The number of methoxy groups -OCH3 is 2. The number of ketones is 1. The van der Waals surface area contributed by atoms with Crippen LogP contribution in [0.25, 0.3) is 0 Å². The van der Waals surface area contributed by atoms with Gasteiger partial charge in [-0.15, -0.1) is 5.10 Å². The number of carbonyl (C=O) groups is 1. The van der Waals surface area contributed by atoms with Gasteiger partial charge in [-0.25, -0.2) is 4.68 Å². The minimum atomic E-state index is -0.364. The number of carbonyl (C=O) groups excluding carboxylic acids is 1. The third-order valence-electron chi connectivity index (χ3n) is 2.82. The average Bonchev–Trinajstić information content (AvgIpc) is 2.49. The van der Waals surface area contributed by atoms with Crippen molar-refractivity contribution >= 4 is 21.7 Å². The van der Waals surface area contributed by atoms with Crippen LogP contribution in [0.2, 0.25) is 0 Å². The van der Waals surface area contributed by atoms with Crippen LogP contribution in [0, 0.1) is 0 Å². The quantitative estimate of drug-likeness (QED) is 0.768. The maximum absolute atomic E-state index is 12.2. The molecule has 0 aliphatic heterocycles. The SMILES string of the molecule is COc1ccc(=O)n(CC(=O)c2ccc(OC)c(Br)c2)n1. The number of hydrogen-bond donors (Lipinski definition) is 0. The van der Waals surface area contributed by atoms with Crippen molar-refractivity contribution in [2.45, 2.75) is 6.54 Å². The van der Waals surface area contributed by atoms with Crippen molar-refractivity contribution in [2.75, 3.05) is 14.2 Å². The van der Waals surface area contributed by atoms with Gasteiger partial charge in [0.2, 0.25) is 5.88 Å². The predicted molar refractivity (Wildman–Crippen MR) is 80.1 cm³/mol. The van der Waals surface area contributed by atoms with Crippen LogP contribution in [-0.2, 0) is 6.54 Å². The van der Waals surface area contributed by atoms with Gasteiger partial charge in [0.05, 0.1) is 18.7 Å². The van der Waals surface area contributed by atoms with Gasteiger partial charge in [-0.05, 0) is 34.1 Å². The Hall–Kier alpha value is -2.15. The van der Waals surface area contributed by atoms with E-state index >= 15 is 0 Å². The fourth-order valence-corrected chi connectivity index (χ4v) is 2.26. The van der Waals surface area contributed by atoms with Crippen molar-refractivity contribution in [2.24, 2.45) is 0 Å². The second-order valence-electron chi connectivity index (χ2n) is 4.14. The summed E-state index contributed by atoms with van der Waals surface area (Å²) in [7, 11) is 2.99. The molecule has 0 unspecified atom stereocenters. The van der Waals surface area contributed by atoms with E-state index in [0.29, 0.717) is 15.8 Å². The number of halogens is 1. The minimum Gasteiger partial charge on any atom is -0.496 e. The lowest BCUT2D eigenvalue weighted by Gasteiger charge is -2.07. The molecule has 0 bridgehead atoms. The van der Waals surface area contributed by atoms with E-state index in [1.54, 1.807) is 25.3 Å². The lowest BCUT2D eigenvalue weighted by molar-refractivity contribution is 0.0965. The standard InChI is InChI=1S/C14H13BrN2O4/c1-20-12-4-3-9(7-10(12)15)11(18)8-17-14(19)6-5-13(16-17)21-2/h3-7H,8H2,1-2H3. The summed E-state index contributed by atoms with van der Waals surface area (Å²) >= 11 is 3.32. The Morgan fingerprint density at radius 1 is 1.24 bits per heavy atom. The highest BCUT2D eigenvalue weighted by Crippen LogP contribution is 2.25. The molecule has 2 rings (SSSR count). The molecule has 0 aliphatic rings. The summed E-state index contributed by atoms with van der Waals surface area (Å²) in [6.45, 7) is -0.158. The summed E-state index contributed by atoms with van der Waals surface area (Å²) in [6, 6.07) is 7.72. The van der Waals surface area contributed by atoms with E-state index in [9.17, 15) is 9.59 Å². The molecule has 0 N–H and O–H groups in total. The molecule has 0 atom stereocenters. The van der Waals surface area contributed by atoms with E-state index in [4.69, 9.17) is 9.47 Å². The maximum Gasteiger partial charge on any atom is 0.267 e. The van der Waals surface area contributed by atoms with Gasteiger partial charge in [-0.2, -0.15) is 0 Å². The molecule has 0 saturated carbocycles. The number of rotatable bonds is 5. The van der Waals surface area contributed by atoms with E-state index in [0.717, 1.165) is 4.68 Å². The van der Waals surface area contributed by atoms with Crippen LogP contribution >= 0.6 is 15.9 Å². The Kier molecular flexibility index (Phi) is 4.74. The third-order valence-corrected chi connectivity index (χ3v) is 3.44. The molecule has 2 aromatic rings. The van der Waals surface area contributed by atoms with Gasteiger partial charge >= 0.3 is 0 Å². The lowest BCUT2D eigenvalue weighted by Crippen LogP contribution is -2.26. The summed E-state index contributed by atoms with van der Waals surface area (Å²) in [4.78, 5) is 23.9. The molecule has 1 aromatic heterocycles. The van der Waals surface area contributed by atoms with Gasteiger partial charge in [0, 0.05) is 17.7 Å². The molecular formula is C14H13BrN2O4. The van der Waals surface area contributed by atoms with Gasteiger partial charge in [-0.3, -0.25) is 9.59 Å². The fraction of sp³-hybridized carbons (Fsp3) is 0.214. The summed E-state index contributed by atoms with van der Waals surface area (Å²) in [6.07, 6.45) is 0. The molecule has 6 nitrogen and oxygen atoms in total. The Morgan fingerprint density at radius 3 is 2.62 bits per heavy atom. The molecule has 0 spiro atoms. The molecule has 0 aliphatic carbocycles. The number of aromatic nitrogens is 2. The summed E-state index contributed by atoms with van der Waals surface area (Å²) in [5.74, 6) is 0.669. The van der Waals surface area contributed by atoms with Crippen molar-refractivity contribution in [3.05, 3.63) is 50.7 Å². The van der Waals surface area contributed by atoms with Gasteiger partial charge in [0.25, 0.3) is 5.56 Å². The largest absolute Gasteiger partial charge is 0.496 e. The number of ether oxygens (including phenoxy) is 2. The predicted octanol–water partition coefficient (Wildman–Crippen LogP) is 1.91. The molecule has 0 radical (unpaired) electrons. The molecule has 7 heteroatoms. The van der Waals surface area contributed by atoms with E-state index in [1.807, 2.05) is 0 Å². The van der Waals surface area contributed by atoms with Gasteiger partial charge in [0.1, 0.15) is 12.3 Å². The first kappa shape index (κ1) is 15.2. The molecule has 110 valence electrons.